The molecule has 3 unspecified atom stereocenters. The lowest BCUT2D eigenvalue weighted by atomic mass is 9.99. The number of hydrogen-bond acceptors (Lipinski definition) is 29. The van der Waals surface area contributed by atoms with Crippen LogP contribution in [0.25, 0.3) is 38.6 Å². The lowest BCUT2D eigenvalue weighted by molar-refractivity contribution is -0.0606. The van der Waals surface area contributed by atoms with Gasteiger partial charge in [0.15, 0.2) is 70.7 Å². The van der Waals surface area contributed by atoms with Crippen molar-refractivity contribution < 1.29 is 93.7 Å². The Morgan fingerprint density at radius 3 is 1.72 bits per heavy atom. The number of nitriles is 1. The molecule has 4 aliphatic heterocycles. The van der Waals surface area contributed by atoms with Gasteiger partial charge in [-0.05, 0) is 125 Å². The van der Waals surface area contributed by atoms with Crippen LogP contribution in [-0.4, -0.2) is 217 Å². The fourth-order valence-corrected chi connectivity index (χ4v) is 22.5. The maximum atomic E-state index is 13.1. The first-order chi connectivity index (χ1) is 62.7. The number of benzene rings is 3. The van der Waals surface area contributed by atoms with E-state index in [0.29, 0.717) is 40.2 Å². The molecular weight excluding hydrogens is 1820 g/mol. The summed E-state index contributed by atoms with van der Waals surface area (Å²) in [7, 11) is -9.33. The first-order valence-electron chi connectivity index (χ1n) is 43.6. The number of imidazole rings is 4. The Morgan fingerprint density at radius 2 is 1.17 bits per heavy atom. The molecule has 0 saturated carbocycles. The number of ether oxygens (including phenoxy) is 5. The van der Waals surface area contributed by atoms with Crippen molar-refractivity contribution in [2.24, 2.45) is 11.8 Å². The van der Waals surface area contributed by atoms with Gasteiger partial charge in [-0.25, -0.2) is 45.9 Å². The van der Waals surface area contributed by atoms with Crippen LogP contribution in [0, 0.1) is 29.7 Å². The molecule has 4 fully saturated rings. The normalized spacial score (nSPS) is 24.3. The van der Waals surface area contributed by atoms with Gasteiger partial charge in [0.25, 0.3) is 31.5 Å². The predicted molar refractivity (Wildman–Crippen MR) is 499 cm³/mol. The smallest absolute Gasteiger partial charge is 0.450 e. The number of carbonyl (C=O) groups excluding carboxylic acids is 2. The van der Waals surface area contributed by atoms with Crippen molar-refractivity contribution in [1.29, 1.82) is 5.26 Å². The number of hydrogen-bond donors (Lipinski definition) is 5. The van der Waals surface area contributed by atoms with Crippen molar-refractivity contribution in [3.05, 3.63) is 190 Å². The van der Waals surface area contributed by atoms with Crippen LogP contribution in [-0.2, 0) is 76.1 Å². The van der Waals surface area contributed by atoms with E-state index in [0.717, 1.165) is 11.9 Å². The Labute approximate surface area is 773 Å². The van der Waals surface area contributed by atoms with Crippen LogP contribution in [0.2, 0.25) is 36.3 Å². The summed E-state index contributed by atoms with van der Waals surface area (Å²) in [6.07, 6.45) is 3.50. The molecule has 19 atom stereocenters. The zero-order valence-corrected chi connectivity index (χ0v) is 82.5. The minimum Gasteiger partial charge on any atom is -0.450 e. The standard InChI is InChI=1S/C39H48N9O12PSSi.C35H52N5O5PSi.C13H16N3O5P/c1-23-26(57-35(29(23)58-38(52)53)47-16-13-27(50)46-17-14-41-37(46)47)20-55-61(62,54-18-15-40-5)59-30-25(19-49)56-36(31(30)60-63(6,7)39(2,3)4)48-22-44-28-32(42-21-43-33(28)48)45-34(51)24-11-9-8-10-12-24;1-11-29-31(44-46(42-22-16-21-36)40(24(2)3)25(4)5)32(45-47(9,10)35(6,7)8)34(43-29)39-23-37-30-27(19-15-20-28(30)39)38-33(41)26-17-13-12-14-18-26;1-3-9-8(2)11(21-22(18)19)12(20-9)16-6-4-10(17)15-7-5-14-13(15)16/h8-14,16-17,21-23,25-26,29-31,35-36,49H,15,18-20H2,1-4,6-7H3,(H,52,53)(H,42,43,45,51);12-15,17-20,23-25,29,31-32,34H,11,16,22H2,1-10H3,(H,38,41);4-9,11-12H,3H2,1-2H3/p+1/t23-,25-,26-,29-,30-,31-,35-,36-,61?;29-,31-,32-,34-,46?;8-,9-,11-,12-/m111/s1. The van der Waals surface area contributed by atoms with Crippen LogP contribution in [0.15, 0.2) is 157 Å². The van der Waals surface area contributed by atoms with Crippen molar-refractivity contribution in [1.82, 2.24) is 61.6 Å². The summed E-state index contributed by atoms with van der Waals surface area (Å²) in [6.45, 7) is 40.3. The average molecular weight is 1930 g/mol. The van der Waals surface area contributed by atoms with E-state index in [1.165, 1.54) is 62.9 Å². The Kier molecular flexibility index (Phi) is 33.6. The third-order valence-corrected chi connectivity index (χ3v) is 38.3. The largest absolute Gasteiger partial charge is 0.695 e. The Hall–Kier alpha value is -9.28. The summed E-state index contributed by atoms with van der Waals surface area (Å²) in [5.41, 5.74) is 3.09. The summed E-state index contributed by atoms with van der Waals surface area (Å²) < 4.78 is 106. The molecule has 0 bridgehead atoms. The molecule has 39 nitrogen and oxygen atoms in total. The first-order valence-corrected chi connectivity index (χ1v) is 54.2. The number of carbonyl (C=O) groups is 3. The number of anilines is 2. The summed E-state index contributed by atoms with van der Waals surface area (Å²) in [6, 6.07) is 28.7. The highest BCUT2D eigenvalue weighted by Gasteiger charge is 2.57. The molecule has 710 valence electrons. The fraction of sp³-hybridized carbons (Fsp3) is 0.529. The highest BCUT2D eigenvalue weighted by molar-refractivity contribution is 8.07. The molecule has 14 rings (SSSR count). The van der Waals surface area contributed by atoms with Gasteiger partial charge < -0.3 is 80.9 Å². The molecule has 4 saturated heterocycles. The third-order valence-electron chi connectivity index (χ3n) is 24.4. The Morgan fingerprint density at radius 1 is 0.652 bits per heavy atom. The number of nitrogens with zero attached hydrogens (tertiary/aromatic N) is 15. The SMILES string of the molecule is CC[C@H]1O[C@@H](n2ccc(=O)n3ccnc23)[C@H](O[P+](=O)O)[C@@H]1C.CC[C@H]1O[C@@H](n2cnc3c(NC(=O)c4ccccc4)cccc32)[C@H](O[Si](C)(C)C(C)(C)C)[C@@H]1OP(OCCC#N)N(C(C)C)C(C)C.[C-]#[N+]CCOP(=S)(OC[C@H]1O[C@@H](n2ccc(=O)n3ccnc23)[C@H](OC(=O)O)[C@@H]1C)O[C@H]1[C@@H](O[Si](C)(C)C(C)(C)C)[C@H](n2cnc3c(NC(=O)c4ccccc4)ncnc32)O[C@@H]1CO. The van der Waals surface area contributed by atoms with Gasteiger partial charge in [-0.1, -0.05) is 112 Å². The minimum atomic E-state index is -3.92. The zero-order chi connectivity index (χ0) is 95.6. The van der Waals surface area contributed by atoms with Crippen molar-refractivity contribution in [2.75, 3.05) is 43.6 Å². The highest BCUT2D eigenvalue weighted by atomic mass is 32.5. The van der Waals surface area contributed by atoms with Crippen molar-refractivity contribution in [3.8, 4) is 6.07 Å². The number of fused-ring (bicyclic) bond motifs is 4. The van der Waals surface area contributed by atoms with Gasteiger partial charge in [-0.3, -0.25) is 46.2 Å². The highest BCUT2D eigenvalue weighted by Crippen LogP contribution is 2.57. The van der Waals surface area contributed by atoms with Crippen LogP contribution in [0.1, 0.15) is 162 Å². The van der Waals surface area contributed by atoms with Gasteiger partial charge in [0.1, 0.15) is 49.0 Å². The summed E-state index contributed by atoms with van der Waals surface area (Å²) in [4.78, 5) is 101. The summed E-state index contributed by atoms with van der Waals surface area (Å²) >= 11 is 6.04. The maximum absolute atomic E-state index is 13.1. The zero-order valence-electron chi connectivity index (χ0n) is 77.0. The quantitative estimate of drug-likeness (QED) is 0.00822. The van der Waals surface area contributed by atoms with E-state index < -0.39 is 138 Å². The second-order valence-electron chi connectivity index (χ2n) is 35.8. The van der Waals surface area contributed by atoms with Crippen molar-refractivity contribution >= 4 is 115 Å². The van der Waals surface area contributed by atoms with E-state index in [4.69, 9.17) is 87.9 Å². The molecule has 132 heavy (non-hydrogen) atoms. The molecule has 11 heterocycles. The fourth-order valence-electron chi connectivity index (χ4n) is 15.6. The average Bonchev–Trinajstić information content (AvgIpc) is 1.61. The molecule has 45 heteroatoms. The van der Waals surface area contributed by atoms with Gasteiger partial charge in [0.05, 0.1) is 74.5 Å². The summed E-state index contributed by atoms with van der Waals surface area (Å²) in [5, 5.41) is 35.3. The first kappa shape index (κ1) is 102. The molecule has 4 aliphatic rings. The maximum Gasteiger partial charge on any atom is 0.695 e. The van der Waals surface area contributed by atoms with Crippen LogP contribution in [0.3, 0.4) is 0 Å². The van der Waals surface area contributed by atoms with Gasteiger partial charge >= 0.3 is 21.1 Å². The minimum absolute atomic E-state index is 0.0597. The number of para-hydroxylation sites is 1. The molecule has 7 aromatic heterocycles. The molecule has 0 aliphatic carbocycles. The van der Waals surface area contributed by atoms with Gasteiger partial charge in [-0.2, -0.15) is 5.26 Å². The second-order valence-corrected chi connectivity index (χ2v) is 50.4. The van der Waals surface area contributed by atoms with E-state index in [2.05, 4.69) is 140 Å². The second kappa shape index (κ2) is 43.6. The topological polar surface area (TPSA) is 444 Å². The van der Waals surface area contributed by atoms with Crippen molar-refractivity contribution in [3.63, 3.8) is 0 Å². The molecule has 0 radical (unpaired) electrons. The lowest BCUT2D eigenvalue weighted by Gasteiger charge is -2.42. The monoisotopic (exact) mass is 1930 g/mol. The van der Waals surface area contributed by atoms with Crippen LogP contribution < -0.4 is 21.8 Å². The number of aliphatic hydroxyl groups excluding tert-OH is 1. The Bertz CT molecular complexity index is 5920. The predicted octanol–water partition coefficient (Wildman–Crippen LogP) is 15.1. The molecule has 10 aromatic rings. The van der Waals surface area contributed by atoms with E-state index in [9.17, 15) is 44.0 Å². The Balaban J connectivity index is 0.000000199. The van der Waals surface area contributed by atoms with E-state index >= 15 is 0 Å². The molecule has 3 aromatic carbocycles. The van der Waals surface area contributed by atoms with Gasteiger partial charge in [0, 0.05) is 88.9 Å². The van der Waals surface area contributed by atoms with Crippen molar-refractivity contribution in [2.45, 2.75) is 250 Å². The van der Waals surface area contributed by atoms with E-state index in [-0.39, 0.29) is 107 Å². The van der Waals surface area contributed by atoms with E-state index in [1.807, 2.05) is 67.9 Å². The molecular formula is C87H117N17O22P3SSi2+. The van der Waals surface area contributed by atoms with Gasteiger partial charge in [0.2, 0.25) is 18.1 Å². The number of carboxylic acid groups (broad SMARTS) is 1. The lowest BCUT2D eigenvalue weighted by Crippen LogP contribution is -2.49. The van der Waals surface area contributed by atoms with Crippen LogP contribution in [0.4, 0.5) is 16.3 Å². The number of nitrogens with one attached hydrogen (secondary N) is 2. The number of aliphatic hydroxyl groups is 1. The number of aromatic nitrogens is 12. The third kappa shape index (κ3) is 22.9. The molecule has 0 spiro atoms. The molecule has 2 amide bonds. The molecule has 5 N–H and O–H groups in total. The number of amides is 2. The van der Waals surface area contributed by atoms with Crippen LogP contribution in [0.5, 0.6) is 0 Å². The number of rotatable bonds is 34. The van der Waals surface area contributed by atoms with Gasteiger partial charge in [-0.15, -0.1) is 9.42 Å². The van der Waals surface area contributed by atoms with Crippen LogP contribution >= 0.6 is 23.5 Å². The van der Waals surface area contributed by atoms with E-state index in [1.54, 1.807) is 77.2 Å². The summed E-state index contributed by atoms with van der Waals surface area (Å²) in [5.74, 6) is -0.534.